The van der Waals surface area contributed by atoms with Crippen LogP contribution in [0.1, 0.15) is 4.88 Å². The van der Waals surface area contributed by atoms with Gasteiger partial charge in [0.25, 0.3) is 0 Å². The molecule has 0 saturated carbocycles. The summed E-state index contributed by atoms with van der Waals surface area (Å²) in [4.78, 5) is 4.97. The second-order valence-electron chi connectivity index (χ2n) is 4.63. The molecule has 7 heteroatoms. The smallest absolute Gasteiger partial charge is 0.183 e. The molecule has 1 aromatic heterocycles. The van der Waals surface area contributed by atoms with Gasteiger partial charge in [0, 0.05) is 22.2 Å². The lowest BCUT2D eigenvalue weighted by Crippen LogP contribution is -2.00. The molecule has 0 amide bonds. The van der Waals surface area contributed by atoms with Crippen LogP contribution in [0.5, 0.6) is 11.5 Å². The summed E-state index contributed by atoms with van der Waals surface area (Å²) in [7, 11) is 0. The van der Waals surface area contributed by atoms with Gasteiger partial charge in [-0.2, -0.15) is 0 Å². The fourth-order valence-electron chi connectivity index (χ4n) is 1.93. The van der Waals surface area contributed by atoms with E-state index < -0.39 is 0 Å². The minimum atomic E-state index is -0.356. The lowest BCUT2D eigenvalue weighted by molar-refractivity contribution is 0.478. The lowest BCUT2D eigenvalue weighted by atomic mass is 10.2. The van der Waals surface area contributed by atoms with E-state index in [0.29, 0.717) is 33.2 Å². The van der Waals surface area contributed by atoms with E-state index in [4.69, 9.17) is 27.9 Å². The highest BCUT2D eigenvalue weighted by Gasteiger charge is 2.08. The maximum atomic E-state index is 13.3. The van der Waals surface area contributed by atoms with Crippen molar-refractivity contribution in [1.82, 2.24) is 4.98 Å². The van der Waals surface area contributed by atoms with Crippen LogP contribution in [-0.2, 0) is 6.54 Å². The van der Waals surface area contributed by atoms with Crippen molar-refractivity contribution in [2.75, 3.05) is 5.32 Å². The van der Waals surface area contributed by atoms with Gasteiger partial charge in [-0.25, -0.2) is 9.37 Å². The Labute approximate surface area is 146 Å². The molecule has 3 nitrogen and oxygen atoms in total. The van der Waals surface area contributed by atoms with E-state index in [9.17, 15) is 4.39 Å². The summed E-state index contributed by atoms with van der Waals surface area (Å²) in [5, 5.41) is 3.80. The first-order chi connectivity index (χ1) is 11.1. The Morgan fingerprint density at radius 1 is 1.17 bits per heavy atom. The van der Waals surface area contributed by atoms with Crippen LogP contribution in [0.15, 0.2) is 48.7 Å². The third kappa shape index (κ3) is 4.34. The van der Waals surface area contributed by atoms with E-state index in [-0.39, 0.29) is 5.82 Å². The fraction of sp³-hybridized carbons (Fsp3) is 0.0625. The van der Waals surface area contributed by atoms with Crippen LogP contribution >= 0.6 is 34.5 Å². The minimum absolute atomic E-state index is 0.356. The van der Waals surface area contributed by atoms with Gasteiger partial charge in [0.2, 0.25) is 0 Å². The van der Waals surface area contributed by atoms with Crippen LogP contribution in [0.4, 0.5) is 10.1 Å². The van der Waals surface area contributed by atoms with Crippen LogP contribution in [0.25, 0.3) is 0 Å². The molecular weight excluding hydrogens is 358 g/mol. The van der Waals surface area contributed by atoms with Crippen LogP contribution in [0, 0.1) is 5.82 Å². The maximum Gasteiger partial charge on any atom is 0.183 e. The topological polar surface area (TPSA) is 34.1 Å². The Morgan fingerprint density at radius 3 is 2.78 bits per heavy atom. The number of hydrogen-bond donors (Lipinski definition) is 1. The van der Waals surface area contributed by atoms with E-state index in [1.807, 2.05) is 0 Å². The summed E-state index contributed by atoms with van der Waals surface area (Å²) in [6.07, 6.45) is 1.71. The molecule has 0 radical (unpaired) electrons. The van der Waals surface area contributed by atoms with Gasteiger partial charge in [0.05, 0.1) is 12.2 Å². The number of nitrogens with one attached hydrogen (secondary N) is 1. The second-order valence-corrected chi connectivity index (χ2v) is 6.77. The van der Waals surface area contributed by atoms with Crippen molar-refractivity contribution >= 4 is 40.2 Å². The highest BCUT2D eigenvalue weighted by Crippen LogP contribution is 2.33. The number of thiazole rings is 1. The van der Waals surface area contributed by atoms with Crippen molar-refractivity contribution in [1.29, 1.82) is 0 Å². The van der Waals surface area contributed by atoms with Gasteiger partial charge in [-0.05, 0) is 30.3 Å². The number of anilines is 1. The highest BCUT2D eigenvalue weighted by molar-refractivity contribution is 7.15. The van der Waals surface area contributed by atoms with Gasteiger partial charge in [0.15, 0.2) is 10.2 Å². The molecule has 0 fully saturated rings. The number of benzene rings is 2. The number of nitrogens with zero attached hydrogens (tertiary/aromatic N) is 1. The zero-order valence-electron chi connectivity index (χ0n) is 11.7. The third-order valence-electron chi connectivity index (χ3n) is 2.94. The number of hydrogen-bond acceptors (Lipinski definition) is 4. The molecule has 23 heavy (non-hydrogen) atoms. The highest BCUT2D eigenvalue weighted by atomic mass is 35.5. The summed E-state index contributed by atoms with van der Waals surface area (Å²) in [5.41, 5.74) is 0.700. The summed E-state index contributed by atoms with van der Waals surface area (Å²) in [5.74, 6) is 0.608. The van der Waals surface area contributed by atoms with Crippen molar-refractivity contribution in [3.05, 3.63) is 68.8 Å². The number of aromatic nitrogens is 1. The Balaban J connectivity index is 1.79. The summed E-state index contributed by atoms with van der Waals surface area (Å²) in [6, 6.07) is 11.2. The van der Waals surface area contributed by atoms with Crippen LogP contribution in [0.3, 0.4) is 0 Å². The first-order valence-corrected chi connectivity index (χ1v) is 8.24. The molecule has 0 spiro atoms. The largest absolute Gasteiger partial charge is 0.455 e. The quantitative estimate of drug-likeness (QED) is 0.600. The summed E-state index contributed by atoms with van der Waals surface area (Å²) >= 11 is 13.3. The molecule has 118 valence electrons. The Kier molecular flexibility index (Phi) is 5.00. The molecule has 3 aromatic rings. The third-order valence-corrected chi connectivity index (χ3v) is 4.29. The monoisotopic (exact) mass is 368 g/mol. The average molecular weight is 369 g/mol. The van der Waals surface area contributed by atoms with Gasteiger partial charge in [-0.3, -0.25) is 0 Å². The standard InChI is InChI=1S/C16H11Cl2FN2OS/c17-10-4-5-15(22-12-3-1-2-11(19)7-12)14(6-10)20-8-13-9-21-16(18)23-13/h1-7,9,20H,8H2. The number of rotatable bonds is 5. The molecule has 0 unspecified atom stereocenters. The van der Waals surface area contributed by atoms with Crippen LogP contribution in [0.2, 0.25) is 9.49 Å². The van der Waals surface area contributed by atoms with Crippen molar-refractivity contribution in [3.8, 4) is 11.5 Å². The van der Waals surface area contributed by atoms with Crippen LogP contribution in [-0.4, -0.2) is 4.98 Å². The Morgan fingerprint density at radius 2 is 2.04 bits per heavy atom. The van der Waals surface area contributed by atoms with Gasteiger partial charge in [-0.1, -0.05) is 29.3 Å². The second kappa shape index (κ2) is 7.17. The molecule has 0 aliphatic carbocycles. The minimum Gasteiger partial charge on any atom is -0.455 e. The zero-order chi connectivity index (χ0) is 16.2. The van der Waals surface area contributed by atoms with Crippen molar-refractivity contribution in [3.63, 3.8) is 0 Å². The molecule has 1 heterocycles. The molecule has 1 N–H and O–H groups in total. The maximum absolute atomic E-state index is 13.3. The van der Waals surface area contributed by atoms with E-state index in [1.54, 1.807) is 36.5 Å². The predicted octanol–water partition coefficient (Wildman–Crippen LogP) is 5.99. The SMILES string of the molecule is Fc1cccc(Oc2ccc(Cl)cc2NCc2cnc(Cl)s2)c1. The van der Waals surface area contributed by atoms with E-state index in [0.717, 1.165) is 4.88 Å². The van der Waals surface area contributed by atoms with E-state index in [1.165, 1.54) is 23.5 Å². The van der Waals surface area contributed by atoms with Crippen LogP contribution < -0.4 is 10.1 Å². The molecule has 0 atom stereocenters. The van der Waals surface area contributed by atoms with Crippen molar-refractivity contribution < 1.29 is 9.13 Å². The number of ether oxygens (including phenoxy) is 1. The molecular formula is C16H11Cl2FN2OS. The molecule has 2 aromatic carbocycles. The normalized spacial score (nSPS) is 10.6. The molecule has 3 rings (SSSR count). The van der Waals surface area contributed by atoms with Crippen molar-refractivity contribution in [2.45, 2.75) is 6.54 Å². The molecule has 0 saturated heterocycles. The van der Waals surface area contributed by atoms with Gasteiger partial charge in [0.1, 0.15) is 11.6 Å². The fourth-order valence-corrected chi connectivity index (χ4v) is 3.02. The molecule has 0 aliphatic heterocycles. The Hall–Kier alpha value is -1.82. The predicted molar refractivity (Wildman–Crippen MR) is 92.4 cm³/mol. The zero-order valence-corrected chi connectivity index (χ0v) is 14.1. The van der Waals surface area contributed by atoms with Crippen molar-refractivity contribution in [2.24, 2.45) is 0 Å². The average Bonchev–Trinajstić information content (AvgIpc) is 2.93. The van der Waals surface area contributed by atoms with Gasteiger partial charge >= 0.3 is 0 Å². The first kappa shape index (κ1) is 16.1. The summed E-state index contributed by atoms with van der Waals surface area (Å²) < 4.78 is 19.5. The van der Waals surface area contributed by atoms with Gasteiger partial charge in [-0.15, -0.1) is 11.3 Å². The molecule has 0 aliphatic rings. The Bertz CT molecular complexity index is 825. The van der Waals surface area contributed by atoms with Gasteiger partial charge < -0.3 is 10.1 Å². The molecule has 0 bridgehead atoms. The first-order valence-electron chi connectivity index (χ1n) is 6.67. The lowest BCUT2D eigenvalue weighted by Gasteiger charge is -2.13. The van der Waals surface area contributed by atoms with E-state index in [2.05, 4.69) is 10.3 Å². The van der Waals surface area contributed by atoms with E-state index >= 15 is 0 Å². The number of halogens is 3. The summed E-state index contributed by atoms with van der Waals surface area (Å²) in [6.45, 7) is 0.532.